The Kier molecular flexibility index (Phi) is 4.31. The Balaban J connectivity index is 2.35. The highest BCUT2D eigenvalue weighted by atomic mass is 19.4. The van der Waals surface area contributed by atoms with Gasteiger partial charge in [0.1, 0.15) is 0 Å². The molecule has 1 aromatic rings. The van der Waals surface area contributed by atoms with E-state index in [0.717, 1.165) is 25.0 Å². The first-order valence-electron chi connectivity index (χ1n) is 6.75. The van der Waals surface area contributed by atoms with Gasteiger partial charge in [-0.1, -0.05) is 49.6 Å². The minimum absolute atomic E-state index is 0.00380. The number of hydrogen-bond acceptors (Lipinski definition) is 0. The van der Waals surface area contributed by atoms with Gasteiger partial charge >= 0.3 is 12.4 Å². The van der Waals surface area contributed by atoms with E-state index in [0.29, 0.717) is 12.3 Å². The van der Waals surface area contributed by atoms with Gasteiger partial charge in [0.15, 0.2) is 7.28 Å². The average Bonchev–Trinajstić information content (AvgIpc) is 3.17. The molecule has 1 unspecified atom stereocenters. The fraction of sp³-hybridized carbons (Fsp3) is 0.571. The Hall–Kier alpha value is -1.14. The lowest BCUT2D eigenvalue weighted by Crippen LogP contribution is -2.25. The van der Waals surface area contributed by atoms with E-state index < -0.39 is 23.5 Å². The van der Waals surface area contributed by atoms with Crippen molar-refractivity contribution in [3.63, 3.8) is 0 Å². The van der Waals surface area contributed by atoms with Crippen LogP contribution >= 0.6 is 0 Å². The minimum atomic E-state index is -4.79. The van der Waals surface area contributed by atoms with Crippen LogP contribution in [0, 0.1) is 5.92 Å². The van der Waals surface area contributed by atoms with Crippen molar-refractivity contribution in [3.05, 3.63) is 29.3 Å². The summed E-state index contributed by atoms with van der Waals surface area (Å²) in [7, 11) is 1.54. The van der Waals surface area contributed by atoms with Crippen LogP contribution in [0.25, 0.3) is 0 Å². The topological polar surface area (TPSA) is 0 Å². The van der Waals surface area contributed by atoms with Gasteiger partial charge in [-0.05, 0) is 12.0 Å². The van der Waals surface area contributed by atoms with E-state index >= 15 is 0 Å². The van der Waals surface area contributed by atoms with Crippen LogP contribution in [0.5, 0.6) is 0 Å². The first-order chi connectivity index (χ1) is 9.61. The summed E-state index contributed by atoms with van der Waals surface area (Å²) >= 11 is 0. The van der Waals surface area contributed by atoms with Crippen LogP contribution in [-0.2, 0) is 12.4 Å². The molecule has 0 nitrogen and oxygen atoms in total. The predicted octanol–water partition coefficient (Wildman–Crippen LogP) is 4.66. The second-order valence-electron chi connectivity index (χ2n) is 5.42. The van der Waals surface area contributed by atoms with Crippen LogP contribution in [0.2, 0.25) is 5.82 Å². The lowest BCUT2D eigenvalue weighted by molar-refractivity contribution is -0.142. The minimum Gasteiger partial charge on any atom is -0.166 e. The maximum Gasteiger partial charge on any atom is 0.416 e. The molecule has 1 aliphatic carbocycles. The highest BCUT2D eigenvalue weighted by Crippen LogP contribution is 2.42. The van der Waals surface area contributed by atoms with Crippen molar-refractivity contribution in [1.82, 2.24) is 0 Å². The summed E-state index contributed by atoms with van der Waals surface area (Å²) in [5.41, 5.74) is -2.51. The molecule has 0 aromatic heterocycles. The molecular formula is C14H14BF6. The van der Waals surface area contributed by atoms with Crippen molar-refractivity contribution in [2.75, 3.05) is 0 Å². The standard InChI is InChI=1S/C14H14BF6/c1-2-12(8-3-4-8)15-11-6-9(13(16,17)18)5-10(7-11)14(19,20)21/h5-8,12H,2-4H2,1H3. The Morgan fingerprint density at radius 1 is 1.00 bits per heavy atom. The lowest BCUT2D eigenvalue weighted by atomic mass is 9.56. The van der Waals surface area contributed by atoms with E-state index in [2.05, 4.69) is 0 Å². The van der Waals surface area contributed by atoms with Gasteiger partial charge in [-0.3, -0.25) is 0 Å². The molecule has 0 amide bonds. The molecule has 21 heavy (non-hydrogen) atoms. The maximum absolute atomic E-state index is 12.7. The largest absolute Gasteiger partial charge is 0.416 e. The van der Waals surface area contributed by atoms with E-state index in [1.165, 1.54) is 0 Å². The molecule has 0 bridgehead atoms. The average molecular weight is 307 g/mol. The van der Waals surface area contributed by atoms with Crippen LogP contribution in [0.1, 0.15) is 37.3 Å². The molecule has 7 heteroatoms. The second kappa shape index (κ2) is 5.57. The monoisotopic (exact) mass is 307 g/mol. The highest BCUT2D eigenvalue weighted by Gasteiger charge is 2.37. The van der Waals surface area contributed by atoms with Crippen molar-refractivity contribution >= 4 is 12.7 Å². The smallest absolute Gasteiger partial charge is 0.166 e. The van der Waals surface area contributed by atoms with Crippen molar-refractivity contribution in [2.45, 2.75) is 44.4 Å². The molecule has 1 atom stereocenters. The summed E-state index contributed by atoms with van der Waals surface area (Å²) in [6.45, 7) is 1.89. The van der Waals surface area contributed by atoms with E-state index in [1.807, 2.05) is 6.92 Å². The number of rotatable bonds is 4. The van der Waals surface area contributed by atoms with E-state index in [1.54, 1.807) is 7.28 Å². The Labute approximate surface area is 119 Å². The number of halogens is 6. The maximum atomic E-state index is 12.7. The van der Waals surface area contributed by atoms with Crippen molar-refractivity contribution < 1.29 is 26.3 Å². The van der Waals surface area contributed by atoms with Gasteiger partial charge in [-0.2, -0.15) is 26.3 Å². The van der Waals surface area contributed by atoms with Gasteiger partial charge in [-0.25, -0.2) is 0 Å². The summed E-state index contributed by atoms with van der Waals surface area (Å²) < 4.78 is 76.5. The second-order valence-corrected chi connectivity index (χ2v) is 5.42. The molecule has 2 rings (SSSR count). The highest BCUT2D eigenvalue weighted by molar-refractivity contribution is 6.55. The molecule has 0 heterocycles. The first kappa shape index (κ1) is 16.2. The number of alkyl halides is 6. The zero-order valence-corrected chi connectivity index (χ0v) is 11.4. The third-order valence-corrected chi connectivity index (χ3v) is 3.72. The Morgan fingerprint density at radius 3 is 1.81 bits per heavy atom. The van der Waals surface area contributed by atoms with Gasteiger partial charge in [0.25, 0.3) is 0 Å². The third kappa shape index (κ3) is 4.17. The van der Waals surface area contributed by atoms with Gasteiger partial charge in [-0.15, -0.1) is 0 Å². The van der Waals surface area contributed by atoms with Crippen LogP contribution in [0.15, 0.2) is 18.2 Å². The normalized spacial score (nSPS) is 17.7. The lowest BCUT2D eigenvalue weighted by Gasteiger charge is -2.17. The Bertz CT molecular complexity index is 469. The predicted molar refractivity (Wildman–Crippen MR) is 68.6 cm³/mol. The van der Waals surface area contributed by atoms with Crippen molar-refractivity contribution in [3.8, 4) is 0 Å². The van der Waals surface area contributed by atoms with Crippen LogP contribution in [0.4, 0.5) is 26.3 Å². The van der Waals surface area contributed by atoms with Gasteiger partial charge in [0.05, 0.1) is 11.1 Å². The van der Waals surface area contributed by atoms with Gasteiger partial charge in [0, 0.05) is 0 Å². The molecule has 0 saturated heterocycles. The van der Waals surface area contributed by atoms with Crippen LogP contribution in [-0.4, -0.2) is 7.28 Å². The Morgan fingerprint density at radius 2 is 1.48 bits per heavy atom. The number of hydrogen-bond donors (Lipinski definition) is 0. The fourth-order valence-electron chi connectivity index (χ4n) is 2.43. The molecule has 115 valence electrons. The van der Waals surface area contributed by atoms with Crippen molar-refractivity contribution in [1.29, 1.82) is 0 Å². The SMILES string of the molecule is CCC([B]c1cc(C(F)(F)F)cc(C(F)(F)F)c1)C1CC1. The fourth-order valence-corrected chi connectivity index (χ4v) is 2.43. The summed E-state index contributed by atoms with van der Waals surface area (Å²) in [4.78, 5) is 0. The molecule has 0 N–H and O–H groups in total. The summed E-state index contributed by atoms with van der Waals surface area (Å²) in [6.07, 6.45) is -6.89. The van der Waals surface area contributed by atoms with E-state index in [4.69, 9.17) is 0 Å². The first-order valence-corrected chi connectivity index (χ1v) is 6.75. The molecular weight excluding hydrogens is 293 g/mol. The quantitative estimate of drug-likeness (QED) is 0.560. The zero-order chi connectivity index (χ0) is 15.8. The summed E-state index contributed by atoms with van der Waals surface area (Å²) in [5, 5.41) is 0. The molecule has 1 aliphatic rings. The van der Waals surface area contributed by atoms with Gasteiger partial charge < -0.3 is 0 Å². The van der Waals surface area contributed by atoms with Crippen LogP contribution < -0.4 is 5.46 Å². The van der Waals surface area contributed by atoms with Gasteiger partial charge in [0.2, 0.25) is 0 Å². The van der Waals surface area contributed by atoms with E-state index in [-0.39, 0.29) is 17.3 Å². The molecule has 0 aliphatic heterocycles. The van der Waals surface area contributed by atoms with Crippen LogP contribution in [0.3, 0.4) is 0 Å². The number of benzene rings is 1. The molecule has 1 fully saturated rings. The van der Waals surface area contributed by atoms with Crippen molar-refractivity contribution in [2.24, 2.45) is 5.92 Å². The summed E-state index contributed by atoms with van der Waals surface area (Å²) in [6, 6.07) is 1.75. The molecule has 1 aromatic carbocycles. The molecule has 1 radical (unpaired) electrons. The zero-order valence-electron chi connectivity index (χ0n) is 11.4. The molecule has 1 saturated carbocycles. The van der Waals surface area contributed by atoms with E-state index in [9.17, 15) is 26.3 Å². The third-order valence-electron chi connectivity index (χ3n) is 3.72. The summed E-state index contributed by atoms with van der Waals surface area (Å²) in [5.74, 6) is 0.424. The molecule has 0 spiro atoms.